The molecule has 6 nitrogen and oxygen atoms in total. The van der Waals surface area contributed by atoms with E-state index in [4.69, 9.17) is 14.0 Å². The smallest absolute Gasteiger partial charge is 0.238 e. The lowest BCUT2D eigenvalue weighted by Gasteiger charge is -2.11. The third-order valence-corrected chi connectivity index (χ3v) is 4.38. The quantitative estimate of drug-likeness (QED) is 0.644. The third-order valence-electron chi connectivity index (χ3n) is 3.26. The summed E-state index contributed by atoms with van der Waals surface area (Å²) in [4.78, 5) is 12.0. The lowest BCUT2D eigenvalue weighted by atomic mass is 10.3. The van der Waals surface area contributed by atoms with Gasteiger partial charge < -0.3 is 19.3 Å². The highest BCUT2D eigenvalue weighted by molar-refractivity contribution is 8.00. The summed E-state index contributed by atoms with van der Waals surface area (Å²) >= 11 is 1.52. The number of nitrogens with one attached hydrogen (secondary N) is 1. The van der Waals surface area contributed by atoms with Crippen LogP contribution in [0.5, 0.6) is 11.5 Å². The fourth-order valence-electron chi connectivity index (χ4n) is 1.97. The standard InChI is InChI=1S/C18H24N2O4S/c1-4-9-22-15-5-7-16(8-6-15)23-10-11-25-14(3)18(21)19-17-12-13(2)24-20-17/h5-8,12,14H,4,9-11H2,1-3H3,(H,19,20,21). The van der Waals surface area contributed by atoms with Crippen molar-refractivity contribution < 1.29 is 18.8 Å². The summed E-state index contributed by atoms with van der Waals surface area (Å²) in [5.41, 5.74) is 0. The van der Waals surface area contributed by atoms with Crippen LogP contribution >= 0.6 is 11.8 Å². The van der Waals surface area contributed by atoms with Gasteiger partial charge in [0.15, 0.2) is 5.82 Å². The Labute approximate surface area is 152 Å². The van der Waals surface area contributed by atoms with Gasteiger partial charge in [0.05, 0.1) is 18.5 Å². The number of hydrogen-bond acceptors (Lipinski definition) is 6. The highest BCUT2D eigenvalue weighted by atomic mass is 32.2. The average molecular weight is 364 g/mol. The second-order valence-electron chi connectivity index (χ2n) is 5.49. The van der Waals surface area contributed by atoms with E-state index in [0.717, 1.165) is 17.9 Å². The Morgan fingerprint density at radius 1 is 1.24 bits per heavy atom. The van der Waals surface area contributed by atoms with Crippen LogP contribution in [-0.4, -0.2) is 35.3 Å². The minimum atomic E-state index is -0.203. The van der Waals surface area contributed by atoms with Crippen LogP contribution in [0.3, 0.4) is 0 Å². The first-order valence-electron chi connectivity index (χ1n) is 8.30. The van der Waals surface area contributed by atoms with Gasteiger partial charge in [0.2, 0.25) is 5.91 Å². The summed E-state index contributed by atoms with van der Waals surface area (Å²) in [5, 5.41) is 6.27. The summed E-state index contributed by atoms with van der Waals surface area (Å²) in [5.74, 6) is 3.35. The SMILES string of the molecule is CCCOc1ccc(OCCSC(C)C(=O)Nc2cc(C)on2)cc1. The zero-order chi connectivity index (χ0) is 18.1. The highest BCUT2D eigenvalue weighted by Gasteiger charge is 2.15. The maximum Gasteiger partial charge on any atom is 0.238 e. The van der Waals surface area contributed by atoms with Crippen LogP contribution in [0.2, 0.25) is 0 Å². The Kier molecular flexibility index (Phi) is 7.66. The zero-order valence-corrected chi connectivity index (χ0v) is 15.6. The average Bonchev–Trinajstić information content (AvgIpc) is 3.02. The topological polar surface area (TPSA) is 73.6 Å². The van der Waals surface area contributed by atoms with E-state index in [0.29, 0.717) is 30.5 Å². The molecule has 1 atom stereocenters. The number of anilines is 1. The van der Waals surface area contributed by atoms with Crippen molar-refractivity contribution >= 4 is 23.5 Å². The molecule has 0 saturated carbocycles. The number of rotatable bonds is 10. The lowest BCUT2D eigenvalue weighted by Crippen LogP contribution is -2.23. The molecule has 0 bridgehead atoms. The van der Waals surface area contributed by atoms with Crippen molar-refractivity contribution in [3.05, 3.63) is 36.1 Å². The number of hydrogen-bond donors (Lipinski definition) is 1. The van der Waals surface area contributed by atoms with Gasteiger partial charge in [-0.1, -0.05) is 12.1 Å². The lowest BCUT2D eigenvalue weighted by molar-refractivity contribution is -0.115. The molecule has 0 aliphatic rings. The van der Waals surface area contributed by atoms with Crippen molar-refractivity contribution in [2.24, 2.45) is 0 Å². The van der Waals surface area contributed by atoms with Gasteiger partial charge in [0.1, 0.15) is 17.3 Å². The number of ether oxygens (including phenoxy) is 2. The number of aromatic nitrogens is 1. The molecule has 1 aromatic heterocycles. The Morgan fingerprint density at radius 3 is 2.44 bits per heavy atom. The van der Waals surface area contributed by atoms with Gasteiger partial charge in [-0.2, -0.15) is 0 Å². The second-order valence-corrected chi connectivity index (χ2v) is 6.94. The van der Waals surface area contributed by atoms with Crippen LogP contribution in [0.1, 0.15) is 26.0 Å². The van der Waals surface area contributed by atoms with Crippen LogP contribution in [0.15, 0.2) is 34.9 Å². The number of nitrogens with zero attached hydrogens (tertiary/aromatic N) is 1. The first-order valence-corrected chi connectivity index (χ1v) is 9.35. The molecule has 7 heteroatoms. The van der Waals surface area contributed by atoms with E-state index in [9.17, 15) is 4.79 Å². The van der Waals surface area contributed by atoms with Crippen LogP contribution < -0.4 is 14.8 Å². The monoisotopic (exact) mass is 364 g/mol. The van der Waals surface area contributed by atoms with Crippen molar-refractivity contribution in [2.75, 3.05) is 24.3 Å². The molecule has 0 spiro atoms. The van der Waals surface area contributed by atoms with Gasteiger partial charge in [-0.15, -0.1) is 11.8 Å². The summed E-state index contributed by atoms with van der Waals surface area (Å²) in [6.45, 7) is 6.95. The first-order chi connectivity index (χ1) is 12.1. The van der Waals surface area contributed by atoms with E-state index < -0.39 is 0 Å². The van der Waals surface area contributed by atoms with Gasteiger partial charge in [-0.3, -0.25) is 4.79 Å². The molecule has 25 heavy (non-hydrogen) atoms. The normalized spacial score (nSPS) is 11.8. The van der Waals surface area contributed by atoms with Crippen LogP contribution in [-0.2, 0) is 4.79 Å². The van der Waals surface area contributed by atoms with E-state index in [1.54, 1.807) is 13.0 Å². The minimum absolute atomic E-state index is 0.101. The molecule has 1 heterocycles. The maximum atomic E-state index is 12.0. The number of thioether (sulfide) groups is 1. The molecule has 1 aromatic carbocycles. The third kappa shape index (κ3) is 6.70. The van der Waals surface area contributed by atoms with Crippen molar-refractivity contribution in [2.45, 2.75) is 32.4 Å². The number of carbonyl (C=O) groups is 1. The predicted octanol–water partition coefficient (Wildman–Crippen LogP) is 3.91. The molecule has 1 N–H and O–H groups in total. The number of aryl methyl sites for hydroxylation is 1. The molecule has 2 rings (SSSR count). The summed E-state index contributed by atoms with van der Waals surface area (Å²) in [6.07, 6.45) is 0.984. The summed E-state index contributed by atoms with van der Waals surface area (Å²) < 4.78 is 16.1. The predicted molar refractivity (Wildman–Crippen MR) is 99.5 cm³/mol. The minimum Gasteiger partial charge on any atom is -0.494 e. The Bertz CT molecular complexity index is 657. The van der Waals surface area contributed by atoms with Gasteiger partial charge in [-0.25, -0.2) is 0 Å². The van der Waals surface area contributed by atoms with E-state index in [-0.39, 0.29) is 11.2 Å². The van der Waals surface area contributed by atoms with Crippen LogP contribution in [0.25, 0.3) is 0 Å². The number of carbonyl (C=O) groups excluding carboxylic acids is 1. The largest absolute Gasteiger partial charge is 0.494 e. The fraction of sp³-hybridized carbons (Fsp3) is 0.444. The molecular formula is C18H24N2O4S. The van der Waals surface area contributed by atoms with Crippen molar-refractivity contribution in [1.82, 2.24) is 5.16 Å². The van der Waals surface area contributed by atoms with E-state index in [1.807, 2.05) is 31.2 Å². The number of benzene rings is 1. The van der Waals surface area contributed by atoms with E-state index >= 15 is 0 Å². The zero-order valence-electron chi connectivity index (χ0n) is 14.8. The fourth-order valence-corrected chi connectivity index (χ4v) is 2.71. The molecular weight excluding hydrogens is 340 g/mol. The van der Waals surface area contributed by atoms with Gasteiger partial charge >= 0.3 is 0 Å². The molecule has 0 aliphatic carbocycles. The molecule has 136 valence electrons. The van der Waals surface area contributed by atoms with Gasteiger partial charge in [-0.05, 0) is 44.5 Å². The number of amides is 1. The molecule has 2 aromatic rings. The molecule has 0 aliphatic heterocycles. The van der Waals surface area contributed by atoms with Crippen molar-refractivity contribution in [3.8, 4) is 11.5 Å². The maximum absolute atomic E-state index is 12.0. The van der Waals surface area contributed by atoms with Crippen molar-refractivity contribution in [3.63, 3.8) is 0 Å². The highest BCUT2D eigenvalue weighted by Crippen LogP contribution is 2.19. The van der Waals surface area contributed by atoms with Gasteiger partial charge in [0, 0.05) is 11.8 Å². The Hall–Kier alpha value is -2.15. The molecule has 0 saturated heterocycles. The summed E-state index contributed by atoms with van der Waals surface area (Å²) in [6, 6.07) is 9.26. The van der Waals surface area contributed by atoms with Crippen LogP contribution in [0.4, 0.5) is 5.82 Å². The Morgan fingerprint density at radius 2 is 1.88 bits per heavy atom. The Balaban J connectivity index is 1.65. The summed E-state index contributed by atoms with van der Waals surface area (Å²) in [7, 11) is 0. The molecule has 1 unspecified atom stereocenters. The van der Waals surface area contributed by atoms with E-state index in [2.05, 4.69) is 17.4 Å². The van der Waals surface area contributed by atoms with E-state index in [1.165, 1.54) is 11.8 Å². The molecule has 0 radical (unpaired) electrons. The van der Waals surface area contributed by atoms with Gasteiger partial charge in [0.25, 0.3) is 0 Å². The van der Waals surface area contributed by atoms with Crippen molar-refractivity contribution in [1.29, 1.82) is 0 Å². The first kappa shape index (κ1) is 19.2. The molecule has 1 amide bonds. The molecule has 0 fully saturated rings. The van der Waals surface area contributed by atoms with Crippen LogP contribution in [0, 0.1) is 6.92 Å². The second kappa shape index (κ2) is 9.98.